The minimum atomic E-state index is -0.804. The lowest BCUT2D eigenvalue weighted by Gasteiger charge is -1.84. The van der Waals surface area contributed by atoms with Gasteiger partial charge in [-0.25, -0.2) is 4.98 Å². The van der Waals surface area contributed by atoms with Crippen LogP contribution in [-0.4, -0.2) is 14.9 Å². The lowest BCUT2D eigenvalue weighted by atomic mass is 10.9. The lowest BCUT2D eigenvalue weighted by Crippen LogP contribution is -1.88. The number of nitrogens with one attached hydrogen (secondary N) is 1. The van der Waals surface area contributed by atoms with Crippen molar-refractivity contribution in [3.8, 4) is 0 Å². The first-order valence-electron chi connectivity index (χ1n) is 2.05. The molecule has 1 rings (SSSR count). The number of hydrogen-bond donors (Lipinski definition) is 1. The van der Waals surface area contributed by atoms with Gasteiger partial charge in [0.1, 0.15) is 0 Å². The minimum absolute atomic E-state index is 0.576. The second kappa shape index (κ2) is 1.81. The van der Waals surface area contributed by atoms with Crippen molar-refractivity contribution in [1.29, 1.82) is 0 Å². The Kier molecular flexibility index (Phi) is 1.14. The van der Waals surface area contributed by atoms with Crippen LogP contribution in [0.1, 0.15) is 0 Å². The summed E-state index contributed by atoms with van der Waals surface area (Å²) in [5.74, 6) is -1.38. The minimum Gasteiger partial charge on any atom is -0.390 e. The summed E-state index contributed by atoms with van der Waals surface area (Å²) in [5, 5.41) is 9.76. The molecule has 1 N–H and O–H groups in total. The molecular weight excluding hydrogens is 128 g/mol. The van der Waals surface area contributed by atoms with Gasteiger partial charge in [0.25, 0.3) is 5.95 Å². The quantitative estimate of drug-likeness (QED) is 0.443. The SMILES string of the molecule is O=[N+]([O-])c1ncc([18F])[nH]1. The van der Waals surface area contributed by atoms with Gasteiger partial charge in [-0.15, -0.1) is 0 Å². The van der Waals surface area contributed by atoms with Gasteiger partial charge in [-0.1, -0.05) is 4.98 Å². The number of aromatic nitrogens is 2. The van der Waals surface area contributed by atoms with Crippen molar-refractivity contribution in [3.63, 3.8) is 0 Å². The van der Waals surface area contributed by atoms with Gasteiger partial charge in [0.15, 0.2) is 6.20 Å². The summed E-state index contributed by atoms with van der Waals surface area (Å²) in [4.78, 5) is 13.8. The third-order valence-corrected chi connectivity index (χ3v) is 0.704. The Bertz CT molecular complexity index is 233. The van der Waals surface area contributed by atoms with Crippen molar-refractivity contribution < 1.29 is 9.31 Å². The largest absolute Gasteiger partial charge is 0.434 e. The third-order valence-electron chi connectivity index (χ3n) is 0.704. The monoisotopic (exact) mass is 130 g/mol. The van der Waals surface area contributed by atoms with Crippen LogP contribution in [0.5, 0.6) is 0 Å². The van der Waals surface area contributed by atoms with E-state index in [2.05, 4.69) is 4.98 Å². The molecule has 0 amide bonds. The Labute approximate surface area is 48.7 Å². The summed E-state index contributed by atoms with van der Waals surface area (Å²) in [6.45, 7) is 0. The molecule has 0 atom stereocenters. The molecule has 0 aliphatic rings. The van der Waals surface area contributed by atoms with Crippen LogP contribution in [0.15, 0.2) is 6.20 Å². The molecule has 0 unspecified atom stereocenters. The van der Waals surface area contributed by atoms with E-state index >= 15 is 0 Å². The zero-order valence-corrected chi connectivity index (χ0v) is 4.17. The van der Waals surface area contributed by atoms with E-state index in [0.29, 0.717) is 0 Å². The number of H-pyrrole nitrogens is 1. The predicted molar refractivity (Wildman–Crippen MR) is 25.2 cm³/mol. The van der Waals surface area contributed by atoms with Crippen LogP contribution < -0.4 is 0 Å². The summed E-state index contributed by atoms with van der Waals surface area (Å²) in [7, 11) is 0. The number of rotatable bonds is 1. The highest BCUT2D eigenvalue weighted by atomic mass is 18.2. The maximum Gasteiger partial charge on any atom is 0.434 e. The fourth-order valence-electron chi connectivity index (χ4n) is 0.382. The Morgan fingerprint density at radius 2 is 2.56 bits per heavy atom. The van der Waals surface area contributed by atoms with Crippen molar-refractivity contribution >= 4 is 5.95 Å². The van der Waals surface area contributed by atoms with E-state index in [1.54, 1.807) is 4.98 Å². The Morgan fingerprint density at radius 1 is 1.89 bits per heavy atom. The Hall–Kier alpha value is -1.46. The maximum atomic E-state index is 11.9. The van der Waals surface area contributed by atoms with Gasteiger partial charge in [0.2, 0.25) is 0 Å². The van der Waals surface area contributed by atoms with E-state index in [1.807, 2.05) is 0 Å². The van der Waals surface area contributed by atoms with Gasteiger partial charge in [0, 0.05) is 0 Å². The van der Waals surface area contributed by atoms with E-state index in [1.165, 1.54) is 0 Å². The molecule has 0 bridgehead atoms. The molecular formula is C3H2FN3O2. The van der Waals surface area contributed by atoms with E-state index in [-0.39, 0.29) is 0 Å². The first-order chi connectivity index (χ1) is 4.20. The second-order valence-corrected chi connectivity index (χ2v) is 1.31. The highest BCUT2D eigenvalue weighted by molar-refractivity contribution is 5.02. The van der Waals surface area contributed by atoms with Crippen LogP contribution in [-0.2, 0) is 0 Å². The molecule has 0 saturated heterocycles. The first-order valence-corrected chi connectivity index (χ1v) is 2.05. The average Bonchev–Trinajstić information content (AvgIpc) is 2.14. The Morgan fingerprint density at radius 3 is 2.78 bits per heavy atom. The van der Waals surface area contributed by atoms with Crippen LogP contribution in [0.2, 0.25) is 0 Å². The zero-order chi connectivity index (χ0) is 6.85. The topological polar surface area (TPSA) is 71.8 Å². The van der Waals surface area contributed by atoms with Crippen molar-refractivity contribution in [2.24, 2.45) is 0 Å². The van der Waals surface area contributed by atoms with Crippen molar-refractivity contribution in [3.05, 3.63) is 22.3 Å². The van der Waals surface area contributed by atoms with Gasteiger partial charge in [-0.2, -0.15) is 4.39 Å². The number of aromatic amines is 1. The molecule has 0 saturated carbocycles. The maximum absolute atomic E-state index is 11.9. The molecule has 1 heterocycles. The molecule has 0 radical (unpaired) electrons. The Balaban J connectivity index is 2.98. The van der Waals surface area contributed by atoms with E-state index in [9.17, 15) is 14.5 Å². The van der Waals surface area contributed by atoms with Gasteiger partial charge < -0.3 is 10.1 Å². The number of imidazole rings is 1. The predicted octanol–water partition coefficient (Wildman–Crippen LogP) is 0.457. The lowest BCUT2D eigenvalue weighted by molar-refractivity contribution is -0.394. The van der Waals surface area contributed by atoms with Crippen LogP contribution in [0.4, 0.5) is 10.3 Å². The number of halogens is 1. The fourth-order valence-corrected chi connectivity index (χ4v) is 0.382. The van der Waals surface area contributed by atoms with Crippen LogP contribution in [0.25, 0.3) is 0 Å². The fraction of sp³-hybridized carbons (Fsp3) is 0. The summed E-state index contributed by atoms with van der Waals surface area (Å²) in [5.41, 5.74) is 0. The van der Waals surface area contributed by atoms with Gasteiger partial charge in [-0.3, -0.25) is 0 Å². The van der Waals surface area contributed by atoms with Gasteiger partial charge in [-0.05, 0) is 4.92 Å². The molecule has 0 aliphatic heterocycles. The molecule has 9 heavy (non-hydrogen) atoms. The highest BCUT2D eigenvalue weighted by Gasteiger charge is 2.08. The van der Waals surface area contributed by atoms with Crippen molar-refractivity contribution in [2.45, 2.75) is 0 Å². The van der Waals surface area contributed by atoms with Crippen LogP contribution in [0, 0.1) is 16.1 Å². The molecule has 0 spiro atoms. The standard InChI is InChI=1S/C3H2FN3O2/c4-2-1-5-3(6-2)7(8)9/h1H,(H,5,6)/i4-1. The van der Waals surface area contributed by atoms with Crippen LogP contribution in [0.3, 0.4) is 0 Å². The second-order valence-electron chi connectivity index (χ2n) is 1.31. The smallest absolute Gasteiger partial charge is 0.390 e. The molecule has 0 aliphatic carbocycles. The number of nitro groups is 1. The van der Waals surface area contributed by atoms with E-state index in [4.69, 9.17) is 0 Å². The summed E-state index contributed by atoms with van der Waals surface area (Å²) < 4.78 is 11.9. The van der Waals surface area contributed by atoms with Crippen molar-refractivity contribution in [2.75, 3.05) is 0 Å². The summed E-state index contributed by atoms with van der Waals surface area (Å²) in [6, 6.07) is 0. The summed E-state index contributed by atoms with van der Waals surface area (Å²) in [6.07, 6.45) is 0.748. The zero-order valence-electron chi connectivity index (χ0n) is 4.17. The van der Waals surface area contributed by atoms with Crippen molar-refractivity contribution in [1.82, 2.24) is 9.97 Å². The molecule has 1 aromatic heterocycles. The first kappa shape index (κ1) is 5.67. The number of nitrogens with zero attached hydrogens (tertiary/aromatic N) is 2. The molecule has 1 aromatic rings. The number of hydrogen-bond acceptors (Lipinski definition) is 3. The normalized spacial score (nSPS) is 9.44. The summed E-state index contributed by atoms with van der Waals surface area (Å²) >= 11 is 0. The van der Waals surface area contributed by atoms with E-state index in [0.717, 1.165) is 6.20 Å². The van der Waals surface area contributed by atoms with Crippen LogP contribution >= 0.6 is 0 Å². The van der Waals surface area contributed by atoms with Gasteiger partial charge in [0.05, 0.1) is 0 Å². The van der Waals surface area contributed by atoms with E-state index < -0.39 is 16.8 Å². The molecule has 5 nitrogen and oxygen atoms in total. The molecule has 6 heteroatoms. The molecule has 48 valence electrons. The average molecular weight is 130 g/mol. The molecule has 0 fully saturated rings. The van der Waals surface area contributed by atoms with Gasteiger partial charge >= 0.3 is 5.95 Å². The third kappa shape index (κ3) is 1.01. The highest BCUT2D eigenvalue weighted by Crippen LogP contribution is 2.01. The molecule has 0 aromatic carbocycles.